The summed E-state index contributed by atoms with van der Waals surface area (Å²) in [6.45, 7) is 6.53. The van der Waals surface area contributed by atoms with Crippen molar-refractivity contribution >= 4 is 5.82 Å². The molecule has 0 aliphatic rings. The molecule has 2 aromatic rings. The van der Waals surface area contributed by atoms with Crippen molar-refractivity contribution in [3.8, 4) is 11.3 Å². The summed E-state index contributed by atoms with van der Waals surface area (Å²) >= 11 is 0. The van der Waals surface area contributed by atoms with Crippen molar-refractivity contribution < 1.29 is 0 Å². The molecule has 0 aliphatic heterocycles. The third-order valence-electron chi connectivity index (χ3n) is 3.27. The monoisotopic (exact) mass is 230 g/mol. The van der Waals surface area contributed by atoms with Gasteiger partial charge in [-0.25, -0.2) is 9.97 Å². The van der Waals surface area contributed by atoms with Crippen LogP contribution in [0.15, 0.2) is 30.9 Å². The molecule has 0 amide bonds. The summed E-state index contributed by atoms with van der Waals surface area (Å²) in [5.41, 5.74) is 7.89. The number of hydrogen-bond acceptors (Lipinski definition) is 3. The fourth-order valence-corrected chi connectivity index (χ4v) is 1.78. The second-order valence-corrected chi connectivity index (χ2v) is 4.75. The molecule has 2 rings (SSSR count). The van der Waals surface area contributed by atoms with E-state index in [1.807, 2.05) is 24.7 Å². The van der Waals surface area contributed by atoms with Gasteiger partial charge in [0.05, 0.1) is 18.2 Å². The topological polar surface area (TPSA) is 56.7 Å². The molecule has 0 aromatic carbocycles. The molecule has 0 atom stereocenters. The molecule has 4 heteroatoms. The van der Waals surface area contributed by atoms with Gasteiger partial charge in [-0.2, -0.15) is 0 Å². The van der Waals surface area contributed by atoms with Crippen LogP contribution in [0.5, 0.6) is 0 Å². The highest BCUT2D eigenvalue weighted by molar-refractivity contribution is 5.70. The Kier molecular flexibility index (Phi) is 2.88. The highest BCUT2D eigenvalue weighted by atomic mass is 15.1. The Hall–Kier alpha value is -1.84. The zero-order valence-corrected chi connectivity index (χ0v) is 10.5. The third-order valence-corrected chi connectivity index (χ3v) is 3.27. The molecule has 0 saturated carbocycles. The van der Waals surface area contributed by atoms with E-state index in [1.54, 1.807) is 6.20 Å². The molecule has 0 fully saturated rings. The van der Waals surface area contributed by atoms with Crippen LogP contribution in [-0.2, 0) is 5.54 Å². The highest BCUT2D eigenvalue weighted by Crippen LogP contribution is 2.29. The largest absolute Gasteiger partial charge is 0.383 e. The zero-order valence-electron chi connectivity index (χ0n) is 10.5. The number of pyridine rings is 1. The number of rotatable bonds is 3. The number of hydrogen-bond donors (Lipinski definition) is 1. The minimum absolute atomic E-state index is 0.0219. The van der Waals surface area contributed by atoms with E-state index in [0.29, 0.717) is 5.82 Å². The molecule has 0 saturated heterocycles. The zero-order chi connectivity index (χ0) is 12.5. The van der Waals surface area contributed by atoms with Gasteiger partial charge in [0.1, 0.15) is 5.82 Å². The van der Waals surface area contributed by atoms with Crippen LogP contribution in [0.3, 0.4) is 0 Å². The Labute approximate surface area is 102 Å². The van der Waals surface area contributed by atoms with E-state index >= 15 is 0 Å². The fourth-order valence-electron chi connectivity index (χ4n) is 1.78. The molecular weight excluding hydrogens is 212 g/mol. The summed E-state index contributed by atoms with van der Waals surface area (Å²) in [7, 11) is 0. The van der Waals surface area contributed by atoms with Crippen LogP contribution in [0.4, 0.5) is 5.82 Å². The predicted octanol–water partition coefficient (Wildman–Crippen LogP) is 2.67. The Balaban J connectivity index is 2.56. The van der Waals surface area contributed by atoms with Crippen LogP contribution < -0.4 is 5.73 Å². The van der Waals surface area contributed by atoms with Gasteiger partial charge in [-0.05, 0) is 32.4 Å². The van der Waals surface area contributed by atoms with E-state index in [1.165, 1.54) is 0 Å². The summed E-state index contributed by atoms with van der Waals surface area (Å²) in [6.07, 6.45) is 6.41. The molecule has 0 bridgehead atoms. The van der Waals surface area contributed by atoms with Gasteiger partial charge >= 0.3 is 0 Å². The van der Waals surface area contributed by atoms with Gasteiger partial charge in [0, 0.05) is 17.3 Å². The predicted molar refractivity (Wildman–Crippen MR) is 69.5 cm³/mol. The number of anilines is 1. The average molecular weight is 230 g/mol. The first-order valence-electron chi connectivity index (χ1n) is 5.80. The maximum atomic E-state index is 5.91. The standard InChI is InChI=1S/C13H18N4/c1-4-13(2,3)17-9-15-8-11(17)10-6-5-7-16-12(10)14/h5-9H,4H2,1-3H3,(H2,14,16). The van der Waals surface area contributed by atoms with Crippen molar-refractivity contribution in [3.05, 3.63) is 30.9 Å². The van der Waals surface area contributed by atoms with Crippen LogP contribution in [0, 0.1) is 0 Å². The van der Waals surface area contributed by atoms with Gasteiger partial charge in [-0.1, -0.05) is 6.92 Å². The minimum atomic E-state index is 0.0219. The molecule has 0 radical (unpaired) electrons. The molecule has 17 heavy (non-hydrogen) atoms. The molecule has 0 unspecified atom stereocenters. The Morgan fingerprint density at radius 1 is 1.41 bits per heavy atom. The molecule has 0 aliphatic carbocycles. The van der Waals surface area contributed by atoms with Gasteiger partial charge < -0.3 is 10.3 Å². The van der Waals surface area contributed by atoms with E-state index < -0.39 is 0 Å². The molecule has 2 N–H and O–H groups in total. The summed E-state index contributed by atoms with van der Waals surface area (Å²) in [4.78, 5) is 8.35. The van der Waals surface area contributed by atoms with Crippen LogP contribution in [0.1, 0.15) is 27.2 Å². The Bertz CT molecular complexity index is 514. The Morgan fingerprint density at radius 2 is 2.18 bits per heavy atom. The maximum Gasteiger partial charge on any atom is 0.132 e. The van der Waals surface area contributed by atoms with E-state index in [4.69, 9.17) is 5.73 Å². The van der Waals surface area contributed by atoms with Crippen LogP contribution in [-0.4, -0.2) is 14.5 Å². The van der Waals surface area contributed by atoms with Gasteiger partial charge in [0.25, 0.3) is 0 Å². The van der Waals surface area contributed by atoms with Crippen LogP contribution in [0.2, 0.25) is 0 Å². The lowest BCUT2D eigenvalue weighted by Crippen LogP contribution is -2.25. The summed E-state index contributed by atoms with van der Waals surface area (Å²) in [5, 5.41) is 0. The summed E-state index contributed by atoms with van der Waals surface area (Å²) in [5.74, 6) is 0.543. The SMILES string of the molecule is CCC(C)(C)n1cncc1-c1cccnc1N. The lowest BCUT2D eigenvalue weighted by atomic mass is 10.0. The van der Waals surface area contributed by atoms with E-state index in [9.17, 15) is 0 Å². The molecule has 90 valence electrons. The number of imidazole rings is 1. The van der Waals surface area contributed by atoms with Crippen molar-refractivity contribution in [2.24, 2.45) is 0 Å². The lowest BCUT2D eigenvalue weighted by Gasteiger charge is -2.27. The Morgan fingerprint density at radius 3 is 2.82 bits per heavy atom. The van der Waals surface area contributed by atoms with Crippen LogP contribution >= 0.6 is 0 Å². The van der Waals surface area contributed by atoms with Gasteiger partial charge in [-0.3, -0.25) is 0 Å². The van der Waals surface area contributed by atoms with Gasteiger partial charge in [-0.15, -0.1) is 0 Å². The highest BCUT2D eigenvalue weighted by Gasteiger charge is 2.21. The fraction of sp³-hybridized carbons (Fsp3) is 0.385. The minimum Gasteiger partial charge on any atom is -0.383 e. The number of aromatic nitrogens is 3. The quantitative estimate of drug-likeness (QED) is 0.882. The van der Waals surface area contributed by atoms with Crippen molar-refractivity contribution in [1.29, 1.82) is 0 Å². The summed E-state index contributed by atoms with van der Waals surface area (Å²) < 4.78 is 2.15. The first-order chi connectivity index (χ1) is 8.06. The second kappa shape index (κ2) is 4.20. The van der Waals surface area contributed by atoms with Crippen molar-refractivity contribution in [2.45, 2.75) is 32.7 Å². The van der Waals surface area contributed by atoms with E-state index in [-0.39, 0.29) is 5.54 Å². The summed E-state index contributed by atoms with van der Waals surface area (Å²) in [6, 6.07) is 3.86. The normalized spacial score (nSPS) is 11.7. The smallest absolute Gasteiger partial charge is 0.132 e. The third kappa shape index (κ3) is 2.02. The molecule has 2 heterocycles. The van der Waals surface area contributed by atoms with Crippen molar-refractivity contribution in [2.75, 3.05) is 5.73 Å². The van der Waals surface area contributed by atoms with Crippen molar-refractivity contribution in [1.82, 2.24) is 14.5 Å². The van der Waals surface area contributed by atoms with E-state index in [0.717, 1.165) is 17.7 Å². The molecule has 2 aromatic heterocycles. The van der Waals surface area contributed by atoms with Gasteiger partial charge in [0.15, 0.2) is 0 Å². The van der Waals surface area contributed by atoms with Gasteiger partial charge in [0.2, 0.25) is 0 Å². The maximum absolute atomic E-state index is 5.91. The average Bonchev–Trinajstić information content (AvgIpc) is 2.79. The number of nitrogens with two attached hydrogens (primary N) is 1. The molecule has 4 nitrogen and oxygen atoms in total. The first-order valence-corrected chi connectivity index (χ1v) is 5.80. The molecular formula is C13H18N4. The molecule has 0 spiro atoms. The first kappa shape index (κ1) is 11.6. The van der Waals surface area contributed by atoms with Crippen molar-refractivity contribution in [3.63, 3.8) is 0 Å². The number of nitrogen functional groups attached to an aromatic ring is 1. The van der Waals surface area contributed by atoms with Crippen LogP contribution in [0.25, 0.3) is 11.3 Å². The number of nitrogens with zero attached hydrogens (tertiary/aromatic N) is 3. The lowest BCUT2D eigenvalue weighted by molar-refractivity contribution is 0.345. The van der Waals surface area contributed by atoms with E-state index in [2.05, 4.69) is 35.3 Å². The second-order valence-electron chi connectivity index (χ2n) is 4.75.